The van der Waals surface area contributed by atoms with Crippen molar-refractivity contribution in [3.05, 3.63) is 24.3 Å². The minimum absolute atomic E-state index is 0.0738. The SMILES string of the molecule is CCCC1CCC(C(=O)Oc2ccc(OCC)cc2)CC1. The van der Waals surface area contributed by atoms with Crippen LogP contribution < -0.4 is 9.47 Å². The molecule has 0 atom stereocenters. The average Bonchev–Trinajstić information content (AvgIpc) is 2.50. The molecule has 3 nitrogen and oxygen atoms in total. The van der Waals surface area contributed by atoms with Crippen LogP contribution in [0.5, 0.6) is 11.5 Å². The van der Waals surface area contributed by atoms with Crippen molar-refractivity contribution in [3.8, 4) is 11.5 Å². The Labute approximate surface area is 127 Å². The Morgan fingerprint density at radius 1 is 1.05 bits per heavy atom. The van der Waals surface area contributed by atoms with Crippen LogP contribution in [0.1, 0.15) is 52.4 Å². The number of rotatable bonds is 6. The molecule has 0 unspecified atom stereocenters. The molecule has 1 fully saturated rings. The van der Waals surface area contributed by atoms with Gasteiger partial charge in [-0.1, -0.05) is 19.8 Å². The third-order valence-corrected chi connectivity index (χ3v) is 4.23. The average molecular weight is 290 g/mol. The van der Waals surface area contributed by atoms with Crippen molar-refractivity contribution in [2.24, 2.45) is 11.8 Å². The normalized spacial score (nSPS) is 21.8. The molecule has 21 heavy (non-hydrogen) atoms. The van der Waals surface area contributed by atoms with E-state index in [0.29, 0.717) is 12.4 Å². The fraction of sp³-hybridized carbons (Fsp3) is 0.611. The Hall–Kier alpha value is -1.51. The summed E-state index contributed by atoms with van der Waals surface area (Å²) in [4.78, 5) is 12.2. The van der Waals surface area contributed by atoms with Crippen LogP contribution in [0.4, 0.5) is 0 Å². The van der Waals surface area contributed by atoms with Gasteiger partial charge >= 0.3 is 5.97 Å². The van der Waals surface area contributed by atoms with Gasteiger partial charge in [0.25, 0.3) is 0 Å². The Bertz CT molecular complexity index is 430. The fourth-order valence-electron chi connectivity index (χ4n) is 3.07. The van der Waals surface area contributed by atoms with E-state index >= 15 is 0 Å². The number of carbonyl (C=O) groups excluding carboxylic acids is 1. The Kier molecular flexibility index (Phi) is 6.09. The summed E-state index contributed by atoms with van der Waals surface area (Å²) >= 11 is 0. The van der Waals surface area contributed by atoms with E-state index in [-0.39, 0.29) is 11.9 Å². The van der Waals surface area contributed by atoms with Crippen LogP contribution in [0.2, 0.25) is 0 Å². The Morgan fingerprint density at radius 2 is 1.67 bits per heavy atom. The lowest BCUT2D eigenvalue weighted by atomic mass is 9.80. The number of hydrogen-bond acceptors (Lipinski definition) is 3. The molecule has 0 heterocycles. The minimum atomic E-state index is -0.0749. The van der Waals surface area contributed by atoms with Crippen LogP contribution in [-0.2, 0) is 4.79 Å². The molecule has 116 valence electrons. The fourth-order valence-corrected chi connectivity index (χ4v) is 3.07. The van der Waals surface area contributed by atoms with Crippen molar-refractivity contribution >= 4 is 5.97 Å². The van der Waals surface area contributed by atoms with Gasteiger partial charge < -0.3 is 9.47 Å². The lowest BCUT2D eigenvalue weighted by Gasteiger charge is -2.26. The largest absolute Gasteiger partial charge is 0.494 e. The molecular weight excluding hydrogens is 264 g/mol. The van der Waals surface area contributed by atoms with Gasteiger partial charge in [-0.2, -0.15) is 0 Å². The summed E-state index contributed by atoms with van der Waals surface area (Å²) in [5.74, 6) is 2.22. The van der Waals surface area contributed by atoms with Gasteiger partial charge in [0.1, 0.15) is 11.5 Å². The van der Waals surface area contributed by atoms with E-state index in [0.717, 1.165) is 37.4 Å². The molecule has 0 aromatic heterocycles. The number of ether oxygens (including phenoxy) is 2. The minimum Gasteiger partial charge on any atom is -0.494 e. The lowest BCUT2D eigenvalue weighted by molar-refractivity contribution is -0.140. The van der Waals surface area contributed by atoms with Crippen LogP contribution in [-0.4, -0.2) is 12.6 Å². The highest BCUT2D eigenvalue weighted by atomic mass is 16.5. The van der Waals surface area contributed by atoms with Gasteiger partial charge in [-0.3, -0.25) is 4.79 Å². The molecule has 1 aliphatic rings. The Balaban J connectivity index is 1.81. The first-order valence-corrected chi connectivity index (χ1v) is 8.17. The molecule has 1 aliphatic carbocycles. The first kappa shape index (κ1) is 15.9. The number of esters is 1. The van der Waals surface area contributed by atoms with E-state index in [9.17, 15) is 4.79 Å². The van der Waals surface area contributed by atoms with Crippen molar-refractivity contribution in [1.82, 2.24) is 0 Å². The third kappa shape index (κ3) is 4.76. The van der Waals surface area contributed by atoms with Crippen molar-refractivity contribution < 1.29 is 14.3 Å². The van der Waals surface area contributed by atoms with Crippen LogP contribution in [0.25, 0.3) is 0 Å². The summed E-state index contributed by atoms with van der Waals surface area (Å²) in [5, 5.41) is 0. The first-order chi connectivity index (χ1) is 10.2. The smallest absolute Gasteiger partial charge is 0.314 e. The second kappa shape index (κ2) is 8.06. The number of hydrogen-bond donors (Lipinski definition) is 0. The lowest BCUT2D eigenvalue weighted by Crippen LogP contribution is -2.25. The van der Waals surface area contributed by atoms with Crippen molar-refractivity contribution in [2.45, 2.75) is 52.4 Å². The van der Waals surface area contributed by atoms with Gasteiger partial charge in [0, 0.05) is 0 Å². The molecule has 0 spiro atoms. The molecule has 0 saturated heterocycles. The van der Waals surface area contributed by atoms with E-state index in [1.54, 1.807) is 12.1 Å². The first-order valence-electron chi connectivity index (χ1n) is 8.17. The van der Waals surface area contributed by atoms with Gasteiger partial charge in [0.15, 0.2) is 0 Å². The monoisotopic (exact) mass is 290 g/mol. The predicted octanol–water partition coefficient (Wildman–Crippen LogP) is 4.60. The van der Waals surface area contributed by atoms with Crippen LogP contribution in [0.15, 0.2) is 24.3 Å². The maximum atomic E-state index is 12.2. The summed E-state index contributed by atoms with van der Waals surface area (Å²) in [6.45, 7) is 4.81. The molecule has 0 amide bonds. The van der Waals surface area contributed by atoms with Crippen molar-refractivity contribution in [3.63, 3.8) is 0 Å². The highest BCUT2D eigenvalue weighted by Gasteiger charge is 2.27. The maximum absolute atomic E-state index is 12.2. The quantitative estimate of drug-likeness (QED) is 0.567. The topological polar surface area (TPSA) is 35.5 Å². The van der Waals surface area contributed by atoms with Crippen LogP contribution in [0.3, 0.4) is 0 Å². The van der Waals surface area contributed by atoms with E-state index in [2.05, 4.69) is 6.92 Å². The predicted molar refractivity (Wildman–Crippen MR) is 83.6 cm³/mol. The molecule has 1 aromatic carbocycles. The van der Waals surface area contributed by atoms with Gasteiger partial charge in [0.2, 0.25) is 0 Å². The molecule has 3 heteroatoms. The second-order valence-electron chi connectivity index (χ2n) is 5.83. The highest BCUT2D eigenvalue weighted by Crippen LogP contribution is 2.32. The molecular formula is C18H26O3. The summed E-state index contributed by atoms with van der Waals surface area (Å²) < 4.78 is 10.9. The molecule has 2 rings (SSSR count). The summed E-state index contributed by atoms with van der Waals surface area (Å²) in [6, 6.07) is 7.27. The Morgan fingerprint density at radius 3 is 2.24 bits per heavy atom. The molecule has 0 N–H and O–H groups in total. The second-order valence-corrected chi connectivity index (χ2v) is 5.83. The summed E-state index contributed by atoms with van der Waals surface area (Å²) in [5.41, 5.74) is 0. The summed E-state index contributed by atoms with van der Waals surface area (Å²) in [6.07, 6.45) is 6.81. The van der Waals surface area contributed by atoms with E-state index in [4.69, 9.17) is 9.47 Å². The van der Waals surface area contributed by atoms with E-state index < -0.39 is 0 Å². The number of carbonyl (C=O) groups is 1. The zero-order valence-corrected chi connectivity index (χ0v) is 13.1. The van der Waals surface area contributed by atoms with Crippen molar-refractivity contribution in [1.29, 1.82) is 0 Å². The van der Waals surface area contributed by atoms with Gasteiger partial charge in [-0.25, -0.2) is 0 Å². The molecule has 1 saturated carbocycles. The molecule has 0 bridgehead atoms. The zero-order chi connectivity index (χ0) is 15.1. The number of benzene rings is 1. The standard InChI is InChI=1S/C18H26O3/c1-3-5-14-6-8-15(9-7-14)18(19)21-17-12-10-16(11-13-17)20-4-2/h10-15H,3-9H2,1-2H3. The van der Waals surface area contributed by atoms with Gasteiger partial charge in [-0.15, -0.1) is 0 Å². The third-order valence-electron chi connectivity index (χ3n) is 4.23. The van der Waals surface area contributed by atoms with Crippen LogP contribution in [0, 0.1) is 11.8 Å². The van der Waals surface area contributed by atoms with Gasteiger partial charge in [-0.05, 0) is 62.8 Å². The molecule has 0 radical (unpaired) electrons. The molecule has 1 aromatic rings. The van der Waals surface area contributed by atoms with Crippen LogP contribution >= 0.6 is 0 Å². The highest BCUT2D eigenvalue weighted by molar-refractivity contribution is 5.75. The van der Waals surface area contributed by atoms with E-state index in [1.807, 2.05) is 19.1 Å². The van der Waals surface area contributed by atoms with E-state index in [1.165, 1.54) is 12.8 Å². The zero-order valence-electron chi connectivity index (χ0n) is 13.1. The summed E-state index contributed by atoms with van der Waals surface area (Å²) in [7, 11) is 0. The molecule has 0 aliphatic heterocycles. The van der Waals surface area contributed by atoms with Gasteiger partial charge in [0.05, 0.1) is 12.5 Å². The maximum Gasteiger partial charge on any atom is 0.314 e. The van der Waals surface area contributed by atoms with Crippen molar-refractivity contribution in [2.75, 3.05) is 6.61 Å².